The molecule has 0 heterocycles. The standard InChI is InChI=1S/C21H15N/c22-14-16-7-5-15(6-8-16)11-17-9-10-21-19(12-17)13-18-3-1-2-4-20(18)21/h1-10,12H,11,13H2. The van der Waals surface area contributed by atoms with Crippen molar-refractivity contribution in [1.82, 2.24) is 0 Å². The zero-order valence-electron chi connectivity index (χ0n) is 12.2. The first kappa shape index (κ1) is 12.9. The molecular weight excluding hydrogens is 266 g/mol. The first-order chi connectivity index (χ1) is 10.8. The molecule has 0 saturated heterocycles. The normalized spacial score (nSPS) is 11.6. The van der Waals surface area contributed by atoms with E-state index in [4.69, 9.17) is 5.26 Å². The van der Waals surface area contributed by atoms with E-state index < -0.39 is 0 Å². The van der Waals surface area contributed by atoms with E-state index in [0.717, 1.165) is 12.8 Å². The van der Waals surface area contributed by atoms with Crippen molar-refractivity contribution in [3.63, 3.8) is 0 Å². The molecule has 1 aliphatic carbocycles. The van der Waals surface area contributed by atoms with Gasteiger partial charge in [0.15, 0.2) is 0 Å². The number of nitrogens with zero attached hydrogens (tertiary/aromatic N) is 1. The van der Waals surface area contributed by atoms with Crippen LogP contribution in [0.2, 0.25) is 0 Å². The summed E-state index contributed by atoms with van der Waals surface area (Å²) in [6.07, 6.45) is 1.95. The Balaban J connectivity index is 1.63. The summed E-state index contributed by atoms with van der Waals surface area (Å²) < 4.78 is 0. The number of benzene rings is 3. The topological polar surface area (TPSA) is 23.8 Å². The quantitative estimate of drug-likeness (QED) is 0.521. The lowest BCUT2D eigenvalue weighted by Crippen LogP contribution is -1.90. The van der Waals surface area contributed by atoms with Crippen LogP contribution in [-0.2, 0) is 12.8 Å². The van der Waals surface area contributed by atoms with Crippen molar-refractivity contribution >= 4 is 0 Å². The molecule has 1 heteroatoms. The molecule has 1 aliphatic rings. The molecule has 0 N–H and O–H groups in total. The van der Waals surface area contributed by atoms with Crippen LogP contribution in [-0.4, -0.2) is 0 Å². The first-order valence-corrected chi connectivity index (χ1v) is 7.52. The third-order valence-electron chi connectivity index (χ3n) is 4.35. The number of rotatable bonds is 2. The van der Waals surface area contributed by atoms with Crippen LogP contribution in [0.1, 0.15) is 27.8 Å². The molecule has 0 bridgehead atoms. The average Bonchev–Trinajstić information content (AvgIpc) is 2.93. The molecule has 0 atom stereocenters. The maximum atomic E-state index is 8.86. The second-order valence-electron chi connectivity index (χ2n) is 5.81. The lowest BCUT2D eigenvalue weighted by Gasteiger charge is -2.06. The minimum Gasteiger partial charge on any atom is -0.192 e. The van der Waals surface area contributed by atoms with Crippen molar-refractivity contribution < 1.29 is 0 Å². The zero-order valence-corrected chi connectivity index (χ0v) is 12.2. The maximum Gasteiger partial charge on any atom is 0.0991 e. The first-order valence-electron chi connectivity index (χ1n) is 7.52. The highest BCUT2D eigenvalue weighted by Gasteiger charge is 2.17. The Bertz CT molecular complexity index is 883. The monoisotopic (exact) mass is 281 g/mol. The van der Waals surface area contributed by atoms with E-state index >= 15 is 0 Å². The van der Waals surface area contributed by atoms with Crippen LogP contribution in [0.4, 0.5) is 0 Å². The van der Waals surface area contributed by atoms with Crippen molar-refractivity contribution in [1.29, 1.82) is 5.26 Å². The molecule has 0 fully saturated rings. The molecule has 0 amide bonds. The van der Waals surface area contributed by atoms with Gasteiger partial charge < -0.3 is 0 Å². The van der Waals surface area contributed by atoms with E-state index in [1.54, 1.807) is 0 Å². The van der Waals surface area contributed by atoms with Gasteiger partial charge in [0, 0.05) is 0 Å². The van der Waals surface area contributed by atoms with Crippen LogP contribution >= 0.6 is 0 Å². The Hall–Kier alpha value is -2.85. The lowest BCUT2D eigenvalue weighted by molar-refractivity contribution is 1.16. The van der Waals surface area contributed by atoms with Crippen molar-refractivity contribution in [2.75, 3.05) is 0 Å². The van der Waals surface area contributed by atoms with Gasteiger partial charge in [-0.2, -0.15) is 5.26 Å². The van der Waals surface area contributed by atoms with Gasteiger partial charge in [-0.05, 0) is 58.4 Å². The van der Waals surface area contributed by atoms with Gasteiger partial charge >= 0.3 is 0 Å². The van der Waals surface area contributed by atoms with Crippen molar-refractivity contribution in [2.24, 2.45) is 0 Å². The number of fused-ring (bicyclic) bond motifs is 3. The predicted octanol–water partition coefficient (Wildman–Crippen LogP) is 4.72. The van der Waals surface area contributed by atoms with Crippen molar-refractivity contribution in [2.45, 2.75) is 12.8 Å². The fourth-order valence-electron chi connectivity index (χ4n) is 3.24. The second kappa shape index (κ2) is 5.16. The molecule has 4 rings (SSSR count). The van der Waals surface area contributed by atoms with Gasteiger partial charge in [-0.15, -0.1) is 0 Å². The van der Waals surface area contributed by atoms with E-state index in [0.29, 0.717) is 5.56 Å². The molecule has 0 aliphatic heterocycles. The summed E-state index contributed by atoms with van der Waals surface area (Å²) in [5.41, 5.74) is 8.89. The predicted molar refractivity (Wildman–Crippen MR) is 88.6 cm³/mol. The minimum atomic E-state index is 0.716. The van der Waals surface area contributed by atoms with Crippen LogP contribution in [0.25, 0.3) is 11.1 Å². The fourth-order valence-corrected chi connectivity index (χ4v) is 3.24. The van der Waals surface area contributed by atoms with E-state index in [2.05, 4.69) is 48.5 Å². The summed E-state index contributed by atoms with van der Waals surface area (Å²) >= 11 is 0. The number of hydrogen-bond donors (Lipinski definition) is 0. The summed E-state index contributed by atoms with van der Waals surface area (Å²) in [4.78, 5) is 0. The Labute approximate surface area is 130 Å². The Morgan fingerprint density at radius 1 is 0.773 bits per heavy atom. The average molecular weight is 281 g/mol. The molecule has 0 unspecified atom stereocenters. The summed E-state index contributed by atoms with van der Waals surface area (Å²) in [6, 6.07) is 25.5. The van der Waals surface area contributed by atoms with E-state index in [9.17, 15) is 0 Å². The highest BCUT2D eigenvalue weighted by atomic mass is 14.2. The molecule has 0 radical (unpaired) electrons. The van der Waals surface area contributed by atoms with Crippen molar-refractivity contribution in [3.8, 4) is 17.2 Å². The Morgan fingerprint density at radius 2 is 1.50 bits per heavy atom. The SMILES string of the molecule is N#Cc1ccc(Cc2ccc3c(c2)Cc2ccccc2-3)cc1. The summed E-state index contributed by atoms with van der Waals surface area (Å²) in [5.74, 6) is 0. The van der Waals surface area contributed by atoms with Gasteiger partial charge in [0.1, 0.15) is 0 Å². The molecule has 104 valence electrons. The molecule has 0 saturated carbocycles. The molecule has 3 aromatic carbocycles. The van der Waals surface area contributed by atoms with Crippen LogP contribution in [0.3, 0.4) is 0 Å². The molecular formula is C21H15N. The van der Waals surface area contributed by atoms with E-state index in [1.165, 1.54) is 33.4 Å². The van der Waals surface area contributed by atoms with Crippen LogP contribution in [0, 0.1) is 11.3 Å². The van der Waals surface area contributed by atoms with E-state index in [-0.39, 0.29) is 0 Å². The third kappa shape index (κ3) is 2.19. The van der Waals surface area contributed by atoms with Crippen LogP contribution in [0.5, 0.6) is 0 Å². The van der Waals surface area contributed by atoms with Gasteiger partial charge in [0.2, 0.25) is 0 Å². The zero-order chi connectivity index (χ0) is 14.9. The molecule has 1 nitrogen and oxygen atoms in total. The Kier molecular flexibility index (Phi) is 3.02. The minimum absolute atomic E-state index is 0.716. The lowest BCUT2D eigenvalue weighted by atomic mass is 9.99. The number of nitriles is 1. The summed E-state index contributed by atoms with van der Waals surface area (Å²) in [7, 11) is 0. The molecule has 0 spiro atoms. The summed E-state index contributed by atoms with van der Waals surface area (Å²) in [5, 5.41) is 8.86. The van der Waals surface area contributed by atoms with Gasteiger partial charge in [-0.1, -0.05) is 54.6 Å². The van der Waals surface area contributed by atoms with Crippen LogP contribution in [0.15, 0.2) is 66.7 Å². The smallest absolute Gasteiger partial charge is 0.0991 e. The summed E-state index contributed by atoms with van der Waals surface area (Å²) in [6.45, 7) is 0. The van der Waals surface area contributed by atoms with E-state index in [1.807, 2.05) is 24.3 Å². The fraction of sp³-hybridized carbons (Fsp3) is 0.0952. The highest BCUT2D eigenvalue weighted by Crippen LogP contribution is 2.36. The largest absolute Gasteiger partial charge is 0.192 e. The molecule has 3 aromatic rings. The van der Waals surface area contributed by atoms with Gasteiger partial charge in [0.25, 0.3) is 0 Å². The molecule has 22 heavy (non-hydrogen) atoms. The molecule has 0 aromatic heterocycles. The van der Waals surface area contributed by atoms with Gasteiger partial charge in [-0.3, -0.25) is 0 Å². The van der Waals surface area contributed by atoms with Crippen LogP contribution < -0.4 is 0 Å². The second-order valence-corrected chi connectivity index (χ2v) is 5.81. The highest BCUT2D eigenvalue weighted by molar-refractivity contribution is 5.76. The number of hydrogen-bond acceptors (Lipinski definition) is 1. The van der Waals surface area contributed by atoms with Crippen molar-refractivity contribution in [3.05, 3.63) is 94.5 Å². The third-order valence-corrected chi connectivity index (χ3v) is 4.35. The van der Waals surface area contributed by atoms with Gasteiger partial charge in [-0.25, -0.2) is 0 Å². The maximum absolute atomic E-state index is 8.86. The van der Waals surface area contributed by atoms with Gasteiger partial charge in [0.05, 0.1) is 11.6 Å². The Morgan fingerprint density at radius 3 is 2.32 bits per heavy atom.